The monoisotopic (exact) mass is 383 g/mol. The normalized spacial score (nSPS) is 12.2. The standard InChI is InChI=1S/C20H14ClNOS2/c21-16-5-3-13(4-6-16)17-12-25-20(15-7-9-24-11-15)18(17)19(23)14-2-1-8-22-10-14/h1-12,19,23H. The molecule has 2 nitrogen and oxygen atoms in total. The van der Waals surface area contributed by atoms with Gasteiger partial charge in [-0.05, 0) is 51.5 Å². The van der Waals surface area contributed by atoms with Gasteiger partial charge in [-0.25, -0.2) is 0 Å². The van der Waals surface area contributed by atoms with Crippen molar-refractivity contribution < 1.29 is 5.11 Å². The zero-order valence-electron chi connectivity index (χ0n) is 13.1. The summed E-state index contributed by atoms with van der Waals surface area (Å²) in [5, 5.41) is 18.1. The van der Waals surface area contributed by atoms with E-state index in [9.17, 15) is 5.11 Å². The molecule has 0 amide bonds. The van der Waals surface area contributed by atoms with Gasteiger partial charge in [0, 0.05) is 39.0 Å². The summed E-state index contributed by atoms with van der Waals surface area (Å²) in [5.41, 5.74) is 4.90. The Morgan fingerprint density at radius 3 is 2.52 bits per heavy atom. The Kier molecular flexibility index (Phi) is 4.68. The lowest BCUT2D eigenvalue weighted by Gasteiger charge is -2.15. The highest BCUT2D eigenvalue weighted by Crippen LogP contribution is 2.44. The average Bonchev–Trinajstić information content (AvgIpc) is 3.32. The van der Waals surface area contributed by atoms with E-state index < -0.39 is 6.10 Å². The summed E-state index contributed by atoms with van der Waals surface area (Å²) < 4.78 is 0. The van der Waals surface area contributed by atoms with E-state index in [1.165, 1.54) is 0 Å². The molecule has 0 bridgehead atoms. The fourth-order valence-corrected chi connectivity index (χ4v) is 4.77. The van der Waals surface area contributed by atoms with E-state index in [1.807, 2.05) is 36.4 Å². The maximum Gasteiger partial charge on any atom is 0.108 e. The molecule has 0 radical (unpaired) electrons. The topological polar surface area (TPSA) is 33.1 Å². The molecule has 0 aliphatic heterocycles. The minimum absolute atomic E-state index is 0.700. The van der Waals surface area contributed by atoms with Crippen LogP contribution in [0.4, 0.5) is 0 Å². The van der Waals surface area contributed by atoms with Crippen molar-refractivity contribution in [3.63, 3.8) is 0 Å². The zero-order valence-corrected chi connectivity index (χ0v) is 15.5. The van der Waals surface area contributed by atoms with E-state index in [0.717, 1.165) is 32.7 Å². The van der Waals surface area contributed by atoms with Crippen molar-refractivity contribution in [3.8, 4) is 21.6 Å². The van der Waals surface area contributed by atoms with Gasteiger partial charge in [-0.2, -0.15) is 11.3 Å². The van der Waals surface area contributed by atoms with Crippen LogP contribution in [0.15, 0.2) is 71.0 Å². The van der Waals surface area contributed by atoms with E-state index in [1.54, 1.807) is 35.1 Å². The first-order valence-electron chi connectivity index (χ1n) is 7.72. The summed E-state index contributed by atoms with van der Waals surface area (Å²) in [4.78, 5) is 5.24. The first-order valence-corrected chi connectivity index (χ1v) is 9.92. The highest BCUT2D eigenvalue weighted by Gasteiger charge is 2.23. The largest absolute Gasteiger partial charge is 0.384 e. The number of rotatable bonds is 4. The van der Waals surface area contributed by atoms with Gasteiger partial charge in [-0.1, -0.05) is 29.8 Å². The third-order valence-corrected chi connectivity index (χ3v) is 6.02. The fourth-order valence-electron chi connectivity index (χ4n) is 2.81. The van der Waals surface area contributed by atoms with Crippen LogP contribution in [-0.2, 0) is 0 Å². The van der Waals surface area contributed by atoms with Crippen LogP contribution in [0.1, 0.15) is 17.2 Å². The van der Waals surface area contributed by atoms with Crippen LogP contribution < -0.4 is 0 Å². The number of benzene rings is 1. The Morgan fingerprint density at radius 2 is 1.84 bits per heavy atom. The van der Waals surface area contributed by atoms with Gasteiger partial charge < -0.3 is 5.11 Å². The molecule has 4 aromatic rings. The van der Waals surface area contributed by atoms with E-state index in [4.69, 9.17) is 11.6 Å². The van der Waals surface area contributed by atoms with E-state index in [2.05, 4.69) is 27.2 Å². The molecule has 1 N–H and O–H groups in total. The number of aliphatic hydroxyl groups excluding tert-OH is 1. The van der Waals surface area contributed by atoms with Gasteiger partial charge in [0.1, 0.15) is 6.10 Å². The van der Waals surface area contributed by atoms with Crippen LogP contribution in [-0.4, -0.2) is 10.1 Å². The van der Waals surface area contributed by atoms with Crippen molar-refractivity contribution >= 4 is 34.3 Å². The van der Waals surface area contributed by atoms with E-state index in [0.29, 0.717) is 5.02 Å². The van der Waals surface area contributed by atoms with Crippen LogP contribution in [0.3, 0.4) is 0 Å². The molecule has 3 aromatic heterocycles. The summed E-state index contributed by atoms with van der Waals surface area (Å²) in [6, 6.07) is 13.6. The summed E-state index contributed by atoms with van der Waals surface area (Å²) in [7, 11) is 0. The minimum Gasteiger partial charge on any atom is -0.384 e. The van der Waals surface area contributed by atoms with Gasteiger partial charge in [0.2, 0.25) is 0 Å². The molecule has 25 heavy (non-hydrogen) atoms. The summed E-state index contributed by atoms with van der Waals surface area (Å²) >= 11 is 9.33. The molecule has 3 heterocycles. The predicted octanol–water partition coefficient (Wildman–Crippen LogP) is 6.27. The van der Waals surface area contributed by atoms with E-state index in [-0.39, 0.29) is 0 Å². The molecular formula is C20H14ClNOS2. The van der Waals surface area contributed by atoms with Crippen LogP contribution in [0.5, 0.6) is 0 Å². The number of aliphatic hydroxyl groups is 1. The smallest absolute Gasteiger partial charge is 0.108 e. The lowest BCUT2D eigenvalue weighted by Crippen LogP contribution is -2.02. The highest BCUT2D eigenvalue weighted by molar-refractivity contribution is 7.15. The average molecular weight is 384 g/mol. The van der Waals surface area contributed by atoms with Crippen LogP contribution in [0.25, 0.3) is 21.6 Å². The van der Waals surface area contributed by atoms with Crippen LogP contribution in [0.2, 0.25) is 5.02 Å². The van der Waals surface area contributed by atoms with Crippen LogP contribution >= 0.6 is 34.3 Å². The zero-order chi connectivity index (χ0) is 17.2. The second-order valence-corrected chi connectivity index (χ2v) is 7.70. The second-order valence-electron chi connectivity index (χ2n) is 5.60. The Morgan fingerprint density at radius 1 is 1.00 bits per heavy atom. The van der Waals surface area contributed by atoms with Gasteiger partial charge in [0.05, 0.1) is 0 Å². The minimum atomic E-state index is -0.736. The Labute approximate surface area is 159 Å². The highest BCUT2D eigenvalue weighted by atomic mass is 35.5. The molecule has 0 aliphatic carbocycles. The molecule has 0 fully saturated rings. The quantitative estimate of drug-likeness (QED) is 0.450. The van der Waals surface area contributed by atoms with Gasteiger partial charge in [-0.3, -0.25) is 4.98 Å². The lowest BCUT2D eigenvalue weighted by atomic mass is 9.94. The Balaban J connectivity index is 1.89. The van der Waals surface area contributed by atoms with Crippen molar-refractivity contribution in [3.05, 3.63) is 87.1 Å². The summed E-state index contributed by atoms with van der Waals surface area (Å²) in [5.74, 6) is 0. The SMILES string of the molecule is OC(c1cccnc1)c1c(-c2ccc(Cl)cc2)csc1-c1ccsc1. The van der Waals surface area contributed by atoms with Gasteiger partial charge in [0.25, 0.3) is 0 Å². The molecule has 5 heteroatoms. The number of thiophene rings is 2. The Bertz CT molecular complexity index is 963. The number of nitrogens with zero attached hydrogens (tertiary/aromatic N) is 1. The molecule has 0 spiro atoms. The predicted molar refractivity (Wildman–Crippen MR) is 106 cm³/mol. The summed E-state index contributed by atoms with van der Waals surface area (Å²) in [6.07, 6.45) is 2.69. The lowest BCUT2D eigenvalue weighted by molar-refractivity contribution is 0.221. The number of halogens is 1. The number of hydrogen-bond donors (Lipinski definition) is 1. The maximum atomic E-state index is 11.1. The molecule has 1 atom stereocenters. The van der Waals surface area contributed by atoms with Crippen molar-refractivity contribution in [2.24, 2.45) is 0 Å². The Hall–Kier alpha value is -1.98. The first-order chi connectivity index (χ1) is 12.2. The molecule has 1 aromatic carbocycles. The number of hydrogen-bond acceptors (Lipinski definition) is 4. The van der Waals surface area contributed by atoms with Crippen molar-refractivity contribution in [1.82, 2.24) is 4.98 Å². The molecule has 0 saturated carbocycles. The van der Waals surface area contributed by atoms with Gasteiger partial charge in [-0.15, -0.1) is 11.3 Å². The molecule has 0 saturated heterocycles. The molecule has 4 rings (SSSR count). The number of pyridine rings is 1. The number of aromatic nitrogens is 1. The molecule has 0 aliphatic rings. The van der Waals surface area contributed by atoms with Gasteiger partial charge in [0.15, 0.2) is 0 Å². The fraction of sp³-hybridized carbons (Fsp3) is 0.0500. The van der Waals surface area contributed by atoms with Crippen LogP contribution in [0, 0.1) is 0 Å². The van der Waals surface area contributed by atoms with E-state index >= 15 is 0 Å². The molecule has 124 valence electrons. The van der Waals surface area contributed by atoms with Crippen molar-refractivity contribution in [1.29, 1.82) is 0 Å². The molecular weight excluding hydrogens is 370 g/mol. The van der Waals surface area contributed by atoms with Gasteiger partial charge >= 0.3 is 0 Å². The third-order valence-electron chi connectivity index (χ3n) is 4.04. The third kappa shape index (κ3) is 3.26. The first kappa shape index (κ1) is 16.5. The molecule has 1 unspecified atom stereocenters. The second kappa shape index (κ2) is 7.10. The van der Waals surface area contributed by atoms with Crippen molar-refractivity contribution in [2.45, 2.75) is 6.10 Å². The van der Waals surface area contributed by atoms with Crippen molar-refractivity contribution in [2.75, 3.05) is 0 Å². The summed E-state index contributed by atoms with van der Waals surface area (Å²) in [6.45, 7) is 0. The maximum absolute atomic E-state index is 11.1.